The normalized spacial score (nSPS) is 9.84. The van der Waals surface area contributed by atoms with Crippen molar-refractivity contribution in [3.63, 3.8) is 0 Å². The second-order valence-corrected chi connectivity index (χ2v) is 3.55. The van der Waals surface area contributed by atoms with Crippen LogP contribution in [0.15, 0.2) is 30.4 Å². The maximum atomic E-state index is 11.5. The number of hydrogen-bond donors (Lipinski definition) is 4. The van der Waals surface area contributed by atoms with Crippen molar-refractivity contribution in [2.75, 3.05) is 23.3 Å². The molecule has 0 aliphatic carbocycles. The van der Waals surface area contributed by atoms with Crippen LogP contribution in [0.2, 0.25) is 0 Å². The number of amides is 2. The molecule has 6 heteroatoms. The van der Waals surface area contributed by atoms with Crippen LogP contribution in [0.25, 0.3) is 0 Å². The van der Waals surface area contributed by atoms with Crippen molar-refractivity contribution in [2.45, 2.75) is 0 Å². The molecule has 0 saturated heterocycles. The molecule has 2 amide bonds. The van der Waals surface area contributed by atoms with Crippen molar-refractivity contribution in [1.82, 2.24) is 5.32 Å². The molecule has 0 fully saturated rings. The second-order valence-electron chi connectivity index (χ2n) is 3.55. The molecule has 0 spiro atoms. The zero-order valence-corrected chi connectivity index (χ0v) is 10.1. The lowest BCUT2D eigenvalue weighted by Gasteiger charge is -2.07. The van der Waals surface area contributed by atoms with Crippen molar-refractivity contribution >= 4 is 28.9 Å². The van der Waals surface area contributed by atoms with Crippen molar-refractivity contribution in [2.24, 2.45) is 0 Å². The van der Waals surface area contributed by atoms with Crippen LogP contribution >= 0.6 is 0 Å². The van der Waals surface area contributed by atoms with Gasteiger partial charge in [-0.25, -0.2) is 0 Å². The fraction of sp³-hybridized carbons (Fsp3) is 0.0769. The average Bonchev–Trinajstić information content (AvgIpc) is 2.39. The maximum absolute atomic E-state index is 11.5. The number of para-hydroxylation sites is 1. The third kappa shape index (κ3) is 4.44. The van der Waals surface area contributed by atoms with E-state index in [2.05, 4.69) is 16.6 Å². The van der Waals surface area contributed by atoms with Gasteiger partial charge in [-0.3, -0.25) is 9.59 Å². The molecule has 0 heterocycles. The lowest BCUT2D eigenvalue weighted by Crippen LogP contribution is -2.21. The molecule has 0 aliphatic rings. The molecule has 6 N–H and O–H groups in total. The summed E-state index contributed by atoms with van der Waals surface area (Å²) in [5, 5.41) is 4.90. The number of hydrogen-bond acceptors (Lipinski definition) is 4. The number of nitrogen functional groups attached to an aromatic ring is 2. The molecule has 6 nitrogen and oxygen atoms in total. The van der Waals surface area contributed by atoms with Crippen LogP contribution < -0.4 is 22.1 Å². The Kier molecular flexibility index (Phi) is 4.99. The first-order valence-corrected chi connectivity index (χ1v) is 5.39. The van der Waals surface area contributed by atoms with Gasteiger partial charge in [0, 0.05) is 12.2 Å². The fourth-order valence-electron chi connectivity index (χ4n) is 1.21. The molecule has 1 aromatic carbocycles. The molecule has 0 aliphatic heterocycles. The SMILES string of the molecule is C#CCNC(=O)/C=C/C(=O)Nc1cccc(N)c1N. The Morgan fingerprint density at radius 1 is 1.26 bits per heavy atom. The first-order chi connectivity index (χ1) is 9.04. The summed E-state index contributed by atoms with van der Waals surface area (Å²) in [5.41, 5.74) is 12.3. The van der Waals surface area contributed by atoms with E-state index in [0.717, 1.165) is 12.2 Å². The lowest BCUT2D eigenvalue weighted by atomic mass is 10.2. The molecular weight excluding hydrogens is 244 g/mol. The number of terminal acetylenes is 1. The smallest absolute Gasteiger partial charge is 0.248 e. The number of carbonyl (C=O) groups excluding carboxylic acids is 2. The largest absolute Gasteiger partial charge is 0.397 e. The Bertz CT molecular complexity index is 558. The highest BCUT2D eigenvalue weighted by Crippen LogP contribution is 2.24. The Morgan fingerprint density at radius 3 is 2.63 bits per heavy atom. The third-order valence-corrected chi connectivity index (χ3v) is 2.15. The Labute approximate surface area is 110 Å². The number of nitrogens with two attached hydrogens (primary N) is 2. The topological polar surface area (TPSA) is 110 Å². The van der Waals surface area contributed by atoms with Gasteiger partial charge in [0.2, 0.25) is 11.8 Å². The average molecular weight is 258 g/mol. The summed E-state index contributed by atoms with van der Waals surface area (Å²) in [6.07, 6.45) is 7.13. The van der Waals surface area contributed by atoms with Gasteiger partial charge >= 0.3 is 0 Å². The van der Waals surface area contributed by atoms with Crippen molar-refractivity contribution in [1.29, 1.82) is 0 Å². The minimum Gasteiger partial charge on any atom is -0.397 e. The zero-order valence-electron chi connectivity index (χ0n) is 10.1. The summed E-state index contributed by atoms with van der Waals surface area (Å²) in [7, 11) is 0. The summed E-state index contributed by atoms with van der Waals surface area (Å²) < 4.78 is 0. The Balaban J connectivity index is 2.61. The summed E-state index contributed by atoms with van der Waals surface area (Å²) >= 11 is 0. The number of anilines is 3. The molecule has 1 rings (SSSR count). The van der Waals surface area contributed by atoms with E-state index < -0.39 is 11.8 Å². The Hall–Kier alpha value is -2.94. The molecule has 1 aromatic rings. The molecule has 19 heavy (non-hydrogen) atoms. The summed E-state index contributed by atoms with van der Waals surface area (Å²) in [6.45, 7) is 0.104. The van der Waals surface area contributed by atoms with E-state index in [9.17, 15) is 9.59 Å². The quantitative estimate of drug-likeness (QED) is 0.348. The van der Waals surface area contributed by atoms with Gasteiger partial charge in [0.15, 0.2) is 0 Å². The summed E-state index contributed by atoms with van der Waals surface area (Å²) in [6, 6.07) is 4.88. The van der Waals surface area contributed by atoms with Crippen LogP contribution in [-0.4, -0.2) is 18.4 Å². The predicted molar refractivity (Wildman–Crippen MR) is 74.9 cm³/mol. The van der Waals surface area contributed by atoms with Crippen LogP contribution in [0, 0.1) is 12.3 Å². The van der Waals surface area contributed by atoms with Crippen molar-refractivity contribution < 1.29 is 9.59 Å². The molecule has 0 atom stereocenters. The molecule has 0 aromatic heterocycles. The van der Waals surface area contributed by atoms with Crippen molar-refractivity contribution in [3.05, 3.63) is 30.4 Å². The number of nitrogens with one attached hydrogen (secondary N) is 2. The Morgan fingerprint density at radius 2 is 1.95 bits per heavy atom. The number of carbonyl (C=O) groups is 2. The minimum atomic E-state index is -0.492. The lowest BCUT2D eigenvalue weighted by molar-refractivity contribution is -0.117. The molecule has 0 bridgehead atoms. The van der Waals surface area contributed by atoms with E-state index >= 15 is 0 Å². The van der Waals surface area contributed by atoms with Gasteiger partial charge in [0.1, 0.15) is 0 Å². The summed E-state index contributed by atoms with van der Waals surface area (Å²) in [4.78, 5) is 22.7. The predicted octanol–water partition coefficient (Wildman–Crippen LogP) is 0.0951. The van der Waals surface area contributed by atoms with Crippen LogP contribution in [-0.2, 0) is 9.59 Å². The van der Waals surface area contributed by atoms with Gasteiger partial charge in [-0.05, 0) is 12.1 Å². The fourth-order valence-corrected chi connectivity index (χ4v) is 1.21. The minimum absolute atomic E-state index is 0.104. The number of benzene rings is 1. The van der Waals surface area contributed by atoms with Gasteiger partial charge in [-0.1, -0.05) is 12.0 Å². The second kappa shape index (κ2) is 6.71. The van der Waals surface area contributed by atoms with E-state index in [-0.39, 0.29) is 12.2 Å². The van der Waals surface area contributed by atoms with Crippen LogP contribution in [0.3, 0.4) is 0 Å². The van der Waals surface area contributed by atoms with E-state index in [1.54, 1.807) is 18.2 Å². The zero-order chi connectivity index (χ0) is 14.3. The van der Waals surface area contributed by atoms with Gasteiger partial charge in [-0.2, -0.15) is 0 Å². The molecule has 0 radical (unpaired) electrons. The van der Waals surface area contributed by atoms with E-state index in [1.807, 2.05) is 0 Å². The van der Waals surface area contributed by atoms with E-state index in [0.29, 0.717) is 11.4 Å². The monoisotopic (exact) mass is 258 g/mol. The van der Waals surface area contributed by atoms with Gasteiger partial charge < -0.3 is 22.1 Å². The third-order valence-electron chi connectivity index (χ3n) is 2.15. The highest BCUT2D eigenvalue weighted by atomic mass is 16.2. The number of rotatable bonds is 4. The van der Waals surface area contributed by atoms with Gasteiger partial charge in [0.25, 0.3) is 0 Å². The van der Waals surface area contributed by atoms with Gasteiger partial charge in [-0.15, -0.1) is 6.42 Å². The van der Waals surface area contributed by atoms with Gasteiger partial charge in [0.05, 0.1) is 23.6 Å². The molecule has 0 saturated carbocycles. The van der Waals surface area contributed by atoms with Crippen molar-refractivity contribution in [3.8, 4) is 12.3 Å². The molecule has 98 valence electrons. The van der Waals surface area contributed by atoms with Crippen LogP contribution in [0.4, 0.5) is 17.1 Å². The van der Waals surface area contributed by atoms with Crippen LogP contribution in [0.1, 0.15) is 0 Å². The van der Waals surface area contributed by atoms with E-state index in [1.165, 1.54) is 0 Å². The van der Waals surface area contributed by atoms with Crippen LogP contribution in [0.5, 0.6) is 0 Å². The first-order valence-electron chi connectivity index (χ1n) is 5.39. The van der Waals surface area contributed by atoms with E-state index in [4.69, 9.17) is 17.9 Å². The standard InChI is InChI=1S/C13H14N4O2/c1-2-8-16-11(18)6-7-12(19)17-10-5-3-4-9(14)13(10)15/h1,3-7H,8,14-15H2,(H,16,18)(H,17,19)/b7-6+. The molecule has 0 unspecified atom stereocenters. The highest BCUT2D eigenvalue weighted by molar-refractivity contribution is 6.05. The first kappa shape index (κ1) is 14.1. The highest BCUT2D eigenvalue weighted by Gasteiger charge is 2.04. The molecular formula is C13H14N4O2. The summed E-state index contributed by atoms with van der Waals surface area (Å²) in [5.74, 6) is 1.30. The maximum Gasteiger partial charge on any atom is 0.248 e.